The lowest BCUT2D eigenvalue weighted by molar-refractivity contribution is 0.0793. The number of nitrogens with one attached hydrogen (secondary N) is 1. The van der Waals surface area contributed by atoms with E-state index in [-0.39, 0.29) is 11.6 Å². The molecule has 5 rings (SSSR count). The fraction of sp³-hybridized carbons (Fsp3) is 0.125. The number of aromatic nitrogens is 1. The number of benzene rings is 4. The molecule has 0 amide bonds. The van der Waals surface area contributed by atoms with E-state index in [9.17, 15) is 9.59 Å². The van der Waals surface area contributed by atoms with E-state index in [4.69, 9.17) is 0 Å². The number of aromatic amines is 1. The van der Waals surface area contributed by atoms with Gasteiger partial charge in [-0.15, -0.1) is 0 Å². The predicted octanol–water partition coefficient (Wildman–Crippen LogP) is 7.30. The van der Waals surface area contributed by atoms with Gasteiger partial charge in [0.1, 0.15) is 0 Å². The number of aryl methyl sites for hydroxylation is 2. The maximum Gasteiger partial charge on any atom is 0.174 e. The second-order valence-electron chi connectivity index (χ2n) is 9.04. The molecule has 1 atom stereocenters. The molecule has 0 spiro atoms. The van der Waals surface area contributed by atoms with Crippen molar-refractivity contribution in [3.05, 3.63) is 143 Å². The Bertz CT molecular complexity index is 1430. The van der Waals surface area contributed by atoms with Crippen LogP contribution in [0.1, 0.15) is 49.0 Å². The van der Waals surface area contributed by atoms with E-state index >= 15 is 0 Å². The number of Topliss-reactive ketones (excluding diaryl/α,β-unsaturated/α-hetero) is 2. The van der Waals surface area contributed by atoms with Crippen molar-refractivity contribution in [3.63, 3.8) is 0 Å². The Labute approximate surface area is 205 Å². The lowest BCUT2D eigenvalue weighted by atomic mass is 9.73. The molecular weight excluding hydrogens is 430 g/mol. The highest BCUT2D eigenvalue weighted by molar-refractivity contribution is 6.17. The average Bonchev–Trinajstić information content (AvgIpc) is 3.23. The van der Waals surface area contributed by atoms with E-state index in [2.05, 4.69) is 11.1 Å². The number of carbonyl (C=O) groups excluding carboxylic acids is 2. The molecule has 0 radical (unpaired) electrons. The molecule has 0 aliphatic carbocycles. The molecular formula is C32H27NO2. The lowest BCUT2D eigenvalue weighted by Gasteiger charge is -2.27. The van der Waals surface area contributed by atoms with Crippen LogP contribution in [-0.2, 0) is 0 Å². The third kappa shape index (κ3) is 4.33. The van der Waals surface area contributed by atoms with Crippen LogP contribution in [0.5, 0.6) is 0 Å². The first-order valence-corrected chi connectivity index (χ1v) is 11.9. The van der Waals surface area contributed by atoms with Gasteiger partial charge in [0.25, 0.3) is 0 Å². The molecule has 0 aliphatic rings. The fourth-order valence-electron chi connectivity index (χ4n) is 4.98. The zero-order valence-electron chi connectivity index (χ0n) is 19.9. The predicted molar refractivity (Wildman–Crippen MR) is 141 cm³/mol. The Kier molecular flexibility index (Phi) is 6.15. The van der Waals surface area contributed by atoms with Crippen LogP contribution in [0.25, 0.3) is 10.9 Å². The quantitative estimate of drug-likeness (QED) is 0.206. The minimum absolute atomic E-state index is 0.172. The summed E-state index contributed by atoms with van der Waals surface area (Å²) in [5.74, 6) is -1.71. The Hall–Kier alpha value is -4.24. The van der Waals surface area contributed by atoms with Crippen molar-refractivity contribution in [3.8, 4) is 0 Å². The van der Waals surface area contributed by atoms with Gasteiger partial charge in [-0.2, -0.15) is 0 Å². The summed E-state index contributed by atoms with van der Waals surface area (Å²) in [7, 11) is 0. The van der Waals surface area contributed by atoms with Crippen molar-refractivity contribution >= 4 is 22.5 Å². The van der Waals surface area contributed by atoms with Gasteiger partial charge in [0.2, 0.25) is 0 Å². The second kappa shape index (κ2) is 9.55. The molecule has 3 heteroatoms. The molecule has 0 saturated heterocycles. The molecule has 5 aromatic rings. The number of ketones is 2. The van der Waals surface area contributed by atoms with E-state index in [1.165, 1.54) is 0 Å². The third-order valence-corrected chi connectivity index (χ3v) is 6.71. The maximum atomic E-state index is 14.2. The van der Waals surface area contributed by atoms with E-state index in [1.807, 2.05) is 92.7 Å². The average molecular weight is 458 g/mol. The molecule has 0 aliphatic heterocycles. The molecule has 0 saturated carbocycles. The molecule has 3 nitrogen and oxygen atoms in total. The van der Waals surface area contributed by atoms with Gasteiger partial charge in [0, 0.05) is 33.6 Å². The normalized spacial score (nSPS) is 12.1. The number of hydrogen-bond donors (Lipinski definition) is 1. The summed E-state index contributed by atoms with van der Waals surface area (Å²) in [5, 5.41) is 1.03. The Morgan fingerprint density at radius 1 is 0.629 bits per heavy atom. The van der Waals surface area contributed by atoms with Gasteiger partial charge in [-0.1, -0.05) is 109 Å². The van der Waals surface area contributed by atoms with Crippen LogP contribution in [0.15, 0.2) is 109 Å². The van der Waals surface area contributed by atoms with Gasteiger partial charge in [-0.25, -0.2) is 0 Å². The molecule has 0 bridgehead atoms. The van der Waals surface area contributed by atoms with Crippen LogP contribution >= 0.6 is 0 Å². The standard InChI is InChI=1S/C32H27NO2/c1-21-17-19-23(20-18-21)29(28-22(2)33-27-16-10-9-15-26(27)28)30(31(34)24-11-5-3-6-12-24)32(35)25-13-7-4-8-14-25/h3-20,29-30,33H,1-2H3/t29-/m0/s1. The number of H-pyrrole nitrogens is 1. The highest BCUT2D eigenvalue weighted by Gasteiger charge is 2.39. The smallest absolute Gasteiger partial charge is 0.174 e. The summed E-state index contributed by atoms with van der Waals surface area (Å²) in [6.07, 6.45) is 0. The number of carbonyl (C=O) groups is 2. The number of fused-ring (bicyclic) bond motifs is 1. The van der Waals surface area contributed by atoms with Crippen molar-refractivity contribution in [2.75, 3.05) is 0 Å². The first kappa shape index (κ1) is 22.5. The van der Waals surface area contributed by atoms with E-state index in [0.29, 0.717) is 11.1 Å². The minimum Gasteiger partial charge on any atom is -0.358 e. The van der Waals surface area contributed by atoms with Crippen LogP contribution < -0.4 is 0 Å². The molecule has 1 aromatic heterocycles. The summed E-state index contributed by atoms with van der Waals surface area (Å²) >= 11 is 0. The molecule has 0 unspecified atom stereocenters. The van der Waals surface area contributed by atoms with E-state index in [0.717, 1.165) is 33.3 Å². The van der Waals surface area contributed by atoms with E-state index in [1.54, 1.807) is 24.3 Å². The lowest BCUT2D eigenvalue weighted by Crippen LogP contribution is -2.31. The topological polar surface area (TPSA) is 49.9 Å². The van der Waals surface area contributed by atoms with Crippen molar-refractivity contribution < 1.29 is 9.59 Å². The fourth-order valence-corrected chi connectivity index (χ4v) is 4.98. The molecule has 1 heterocycles. The summed E-state index contributed by atoms with van der Waals surface area (Å²) in [6, 6.07) is 34.6. The van der Waals surface area contributed by atoms with Crippen LogP contribution in [0.3, 0.4) is 0 Å². The van der Waals surface area contributed by atoms with Gasteiger partial charge in [0.05, 0.1) is 5.92 Å². The highest BCUT2D eigenvalue weighted by atomic mass is 16.2. The zero-order chi connectivity index (χ0) is 24.4. The van der Waals surface area contributed by atoms with Crippen LogP contribution in [0.2, 0.25) is 0 Å². The van der Waals surface area contributed by atoms with Crippen molar-refractivity contribution in [2.45, 2.75) is 19.8 Å². The van der Waals surface area contributed by atoms with Crippen molar-refractivity contribution in [1.29, 1.82) is 0 Å². The van der Waals surface area contributed by atoms with Crippen LogP contribution in [-0.4, -0.2) is 16.6 Å². The minimum atomic E-state index is -0.916. The molecule has 4 aromatic carbocycles. The molecule has 1 N–H and O–H groups in total. The van der Waals surface area contributed by atoms with Crippen LogP contribution in [0.4, 0.5) is 0 Å². The van der Waals surface area contributed by atoms with E-state index < -0.39 is 11.8 Å². The Morgan fingerprint density at radius 2 is 1.14 bits per heavy atom. The SMILES string of the molecule is Cc1ccc([C@@H](c2c(C)[nH]c3ccccc23)C(C(=O)c2ccccc2)C(=O)c2ccccc2)cc1. The van der Waals surface area contributed by atoms with Crippen LogP contribution in [0, 0.1) is 19.8 Å². The summed E-state index contributed by atoms with van der Waals surface area (Å²) in [6.45, 7) is 4.06. The number of para-hydroxylation sites is 1. The van der Waals surface area contributed by atoms with Crippen molar-refractivity contribution in [1.82, 2.24) is 4.98 Å². The monoisotopic (exact) mass is 457 g/mol. The van der Waals surface area contributed by atoms with Gasteiger partial charge in [-0.3, -0.25) is 9.59 Å². The third-order valence-electron chi connectivity index (χ3n) is 6.71. The van der Waals surface area contributed by atoms with Gasteiger partial charge in [-0.05, 0) is 31.0 Å². The summed E-state index contributed by atoms with van der Waals surface area (Å²) in [5.41, 5.74) is 6.10. The number of rotatable bonds is 7. The Balaban J connectivity index is 1.78. The zero-order valence-corrected chi connectivity index (χ0v) is 19.9. The largest absolute Gasteiger partial charge is 0.358 e. The van der Waals surface area contributed by atoms with Crippen molar-refractivity contribution in [2.24, 2.45) is 5.92 Å². The second-order valence-corrected chi connectivity index (χ2v) is 9.04. The summed E-state index contributed by atoms with van der Waals surface area (Å²) < 4.78 is 0. The maximum absolute atomic E-state index is 14.2. The molecule has 35 heavy (non-hydrogen) atoms. The molecule has 0 fully saturated rings. The van der Waals surface area contributed by atoms with Gasteiger partial charge >= 0.3 is 0 Å². The highest BCUT2D eigenvalue weighted by Crippen LogP contribution is 2.41. The van der Waals surface area contributed by atoms with Gasteiger partial charge < -0.3 is 4.98 Å². The van der Waals surface area contributed by atoms with Gasteiger partial charge in [0.15, 0.2) is 11.6 Å². The molecule has 172 valence electrons. The Morgan fingerprint density at radius 3 is 1.71 bits per heavy atom. The first-order chi connectivity index (χ1) is 17.0. The first-order valence-electron chi connectivity index (χ1n) is 11.9. The number of hydrogen-bond acceptors (Lipinski definition) is 2. The summed E-state index contributed by atoms with van der Waals surface area (Å²) in [4.78, 5) is 31.8.